The molecule has 1 aliphatic rings. The topological polar surface area (TPSA) is 31.4 Å². The molecule has 13 heavy (non-hydrogen) atoms. The molecule has 0 atom stereocenters. The van der Waals surface area contributed by atoms with Gasteiger partial charge in [0, 0.05) is 10.7 Å². The first kappa shape index (κ1) is 9.58. The van der Waals surface area contributed by atoms with Gasteiger partial charge >= 0.3 is 0 Å². The van der Waals surface area contributed by atoms with Crippen LogP contribution in [0.25, 0.3) is 0 Å². The average molecular weight is 309 g/mol. The highest BCUT2D eigenvalue weighted by atomic mass is 79.9. The van der Waals surface area contributed by atoms with E-state index in [1.165, 1.54) is 0 Å². The van der Waals surface area contributed by atoms with Gasteiger partial charge in [0.15, 0.2) is 0 Å². The van der Waals surface area contributed by atoms with Crippen molar-refractivity contribution >= 4 is 31.9 Å². The number of halogens is 2. The fourth-order valence-electron chi connectivity index (χ4n) is 1.12. The largest absolute Gasteiger partial charge is 0.345 e. The van der Waals surface area contributed by atoms with Crippen LogP contribution in [0.3, 0.4) is 0 Å². The summed E-state index contributed by atoms with van der Waals surface area (Å²) in [5.74, 6) is 0. The first-order valence-corrected chi connectivity index (χ1v) is 5.41. The van der Waals surface area contributed by atoms with Crippen molar-refractivity contribution in [3.05, 3.63) is 26.9 Å². The molecule has 0 aliphatic carbocycles. The van der Waals surface area contributed by atoms with Crippen LogP contribution < -0.4 is 0 Å². The van der Waals surface area contributed by atoms with E-state index >= 15 is 0 Å². The van der Waals surface area contributed by atoms with E-state index in [1.807, 2.05) is 6.07 Å². The fourth-order valence-corrected chi connectivity index (χ4v) is 1.86. The minimum Gasteiger partial charge on any atom is -0.345 e. The second kappa shape index (κ2) is 4.04. The molecule has 0 radical (unpaired) electrons. The lowest BCUT2D eigenvalue weighted by Gasteiger charge is -2.10. The third kappa shape index (κ3) is 1.93. The maximum Gasteiger partial charge on any atom is 0.202 e. The maximum absolute atomic E-state index is 5.34. The number of rotatable bonds is 1. The SMILES string of the molecule is Brc1ccnc(C2OCCO2)c1Br. The van der Waals surface area contributed by atoms with E-state index in [9.17, 15) is 0 Å². The highest BCUT2D eigenvalue weighted by Crippen LogP contribution is 2.32. The predicted octanol–water partition coefficient (Wildman–Crippen LogP) is 2.65. The number of pyridine rings is 1. The summed E-state index contributed by atoms with van der Waals surface area (Å²) in [4.78, 5) is 4.19. The zero-order valence-electron chi connectivity index (χ0n) is 6.67. The molecule has 0 amide bonds. The van der Waals surface area contributed by atoms with Crippen molar-refractivity contribution in [3.63, 3.8) is 0 Å². The van der Waals surface area contributed by atoms with Crippen LogP contribution in [-0.4, -0.2) is 18.2 Å². The van der Waals surface area contributed by atoms with Gasteiger partial charge in [-0.25, -0.2) is 0 Å². The third-order valence-corrected chi connectivity index (χ3v) is 3.74. The van der Waals surface area contributed by atoms with Gasteiger partial charge in [-0.3, -0.25) is 4.98 Å². The maximum atomic E-state index is 5.34. The second-order valence-electron chi connectivity index (χ2n) is 2.57. The smallest absolute Gasteiger partial charge is 0.202 e. The summed E-state index contributed by atoms with van der Waals surface area (Å²) in [6, 6.07) is 1.86. The summed E-state index contributed by atoms with van der Waals surface area (Å²) in [7, 11) is 0. The lowest BCUT2D eigenvalue weighted by atomic mass is 10.3. The van der Waals surface area contributed by atoms with Gasteiger partial charge in [0.2, 0.25) is 6.29 Å². The molecule has 1 aliphatic heterocycles. The molecule has 1 saturated heterocycles. The molecule has 0 bridgehead atoms. The highest BCUT2D eigenvalue weighted by Gasteiger charge is 2.22. The number of hydrogen-bond donors (Lipinski definition) is 0. The Morgan fingerprint density at radius 3 is 2.69 bits per heavy atom. The second-order valence-corrected chi connectivity index (χ2v) is 4.21. The Morgan fingerprint density at radius 1 is 1.31 bits per heavy atom. The van der Waals surface area contributed by atoms with Crippen molar-refractivity contribution in [1.29, 1.82) is 0 Å². The molecule has 0 spiro atoms. The van der Waals surface area contributed by atoms with E-state index in [-0.39, 0.29) is 6.29 Å². The molecule has 0 N–H and O–H groups in total. The normalized spacial score (nSPS) is 18.0. The van der Waals surface area contributed by atoms with Crippen LogP contribution >= 0.6 is 31.9 Å². The van der Waals surface area contributed by atoms with Gasteiger partial charge in [-0.15, -0.1) is 0 Å². The van der Waals surface area contributed by atoms with Gasteiger partial charge in [-0.1, -0.05) is 0 Å². The van der Waals surface area contributed by atoms with Crippen molar-refractivity contribution in [2.45, 2.75) is 6.29 Å². The molecule has 1 aromatic rings. The Labute approximate surface area is 92.7 Å². The standard InChI is InChI=1S/C8H7Br2NO2/c9-5-1-2-11-7(6(5)10)8-12-3-4-13-8/h1-2,8H,3-4H2. The molecule has 70 valence electrons. The van der Waals surface area contributed by atoms with E-state index in [1.54, 1.807) is 6.20 Å². The van der Waals surface area contributed by atoms with Gasteiger partial charge < -0.3 is 9.47 Å². The van der Waals surface area contributed by atoms with Crippen LogP contribution in [-0.2, 0) is 9.47 Å². The molecular formula is C8H7Br2NO2. The number of hydrogen-bond acceptors (Lipinski definition) is 3. The van der Waals surface area contributed by atoms with Gasteiger partial charge in [-0.05, 0) is 37.9 Å². The zero-order chi connectivity index (χ0) is 9.26. The predicted molar refractivity (Wildman–Crippen MR) is 54.3 cm³/mol. The molecule has 3 nitrogen and oxygen atoms in total. The quantitative estimate of drug-likeness (QED) is 0.799. The molecule has 2 heterocycles. The Bertz CT molecular complexity index is 313. The molecule has 0 unspecified atom stereocenters. The molecule has 1 fully saturated rings. The molecule has 1 aromatic heterocycles. The summed E-state index contributed by atoms with van der Waals surface area (Å²) < 4.78 is 12.5. The number of nitrogens with zero attached hydrogens (tertiary/aromatic N) is 1. The molecule has 2 rings (SSSR count). The monoisotopic (exact) mass is 307 g/mol. The molecule has 5 heteroatoms. The summed E-state index contributed by atoms with van der Waals surface area (Å²) >= 11 is 6.82. The van der Waals surface area contributed by atoms with Crippen molar-refractivity contribution in [2.24, 2.45) is 0 Å². The van der Waals surface area contributed by atoms with E-state index in [0.717, 1.165) is 14.6 Å². The van der Waals surface area contributed by atoms with E-state index in [4.69, 9.17) is 9.47 Å². The fraction of sp³-hybridized carbons (Fsp3) is 0.375. The lowest BCUT2D eigenvalue weighted by Crippen LogP contribution is -2.02. The van der Waals surface area contributed by atoms with Crippen LogP contribution in [0.5, 0.6) is 0 Å². The number of ether oxygens (including phenoxy) is 2. The van der Waals surface area contributed by atoms with E-state index in [0.29, 0.717) is 13.2 Å². The average Bonchev–Trinajstić information content (AvgIpc) is 2.62. The van der Waals surface area contributed by atoms with E-state index in [2.05, 4.69) is 36.8 Å². The lowest BCUT2D eigenvalue weighted by molar-refractivity contribution is -0.0479. The Kier molecular flexibility index (Phi) is 2.98. The van der Waals surface area contributed by atoms with Crippen LogP contribution in [0.4, 0.5) is 0 Å². The van der Waals surface area contributed by atoms with E-state index < -0.39 is 0 Å². The van der Waals surface area contributed by atoms with Gasteiger partial charge in [0.1, 0.15) is 5.69 Å². The number of aromatic nitrogens is 1. The Balaban J connectivity index is 2.33. The Morgan fingerprint density at radius 2 is 2.00 bits per heavy atom. The molecular weight excluding hydrogens is 302 g/mol. The first-order chi connectivity index (χ1) is 6.29. The van der Waals surface area contributed by atoms with Crippen molar-refractivity contribution < 1.29 is 9.47 Å². The van der Waals surface area contributed by atoms with Crippen LogP contribution in [0.2, 0.25) is 0 Å². The van der Waals surface area contributed by atoms with Crippen molar-refractivity contribution in [1.82, 2.24) is 4.98 Å². The minimum atomic E-state index is -0.327. The molecule has 0 aromatic carbocycles. The van der Waals surface area contributed by atoms with Gasteiger partial charge in [0.25, 0.3) is 0 Å². The van der Waals surface area contributed by atoms with Gasteiger partial charge in [-0.2, -0.15) is 0 Å². The first-order valence-electron chi connectivity index (χ1n) is 3.82. The van der Waals surface area contributed by atoms with Gasteiger partial charge in [0.05, 0.1) is 17.7 Å². The van der Waals surface area contributed by atoms with Crippen molar-refractivity contribution in [3.8, 4) is 0 Å². The van der Waals surface area contributed by atoms with Crippen molar-refractivity contribution in [2.75, 3.05) is 13.2 Å². The summed E-state index contributed by atoms with van der Waals surface area (Å²) in [5.41, 5.74) is 0.784. The summed E-state index contributed by atoms with van der Waals surface area (Å²) in [5, 5.41) is 0. The summed E-state index contributed by atoms with van der Waals surface area (Å²) in [6.07, 6.45) is 1.39. The van der Waals surface area contributed by atoms with Crippen LogP contribution in [0, 0.1) is 0 Å². The van der Waals surface area contributed by atoms with Crippen LogP contribution in [0.15, 0.2) is 21.2 Å². The Hall–Kier alpha value is 0.0300. The highest BCUT2D eigenvalue weighted by molar-refractivity contribution is 9.13. The zero-order valence-corrected chi connectivity index (χ0v) is 9.84. The minimum absolute atomic E-state index is 0.327. The summed E-state index contributed by atoms with van der Waals surface area (Å²) in [6.45, 7) is 1.26. The third-order valence-electron chi connectivity index (χ3n) is 1.71. The van der Waals surface area contributed by atoms with Crippen LogP contribution in [0.1, 0.15) is 12.0 Å². The molecule has 0 saturated carbocycles.